The molecule has 3 N–H and O–H groups in total. The van der Waals surface area contributed by atoms with Gasteiger partial charge >= 0.3 is 5.97 Å². The Labute approximate surface area is 219 Å². The highest BCUT2D eigenvalue weighted by molar-refractivity contribution is 7.80. The van der Waals surface area contributed by atoms with Gasteiger partial charge < -0.3 is 10.4 Å². The molecule has 2 atom stereocenters. The van der Waals surface area contributed by atoms with Crippen molar-refractivity contribution in [1.29, 1.82) is 0 Å². The predicted molar refractivity (Wildman–Crippen MR) is 144 cm³/mol. The van der Waals surface area contributed by atoms with Crippen molar-refractivity contribution in [3.05, 3.63) is 76.8 Å². The quantitative estimate of drug-likeness (QED) is 0.237. The van der Waals surface area contributed by atoms with E-state index in [9.17, 15) is 23.5 Å². The van der Waals surface area contributed by atoms with Crippen molar-refractivity contribution in [2.24, 2.45) is 5.92 Å². The van der Waals surface area contributed by atoms with Crippen molar-refractivity contribution in [3.8, 4) is 11.1 Å². The standard InChI is InChI=1S/C25H22ClN3O5S2/c1-14(2)22(25(31)32)29(36(33)34)19-10-5-16(6-11-19)15-3-8-18(9-4-15)27-23(30)24-28-20-13-17(26)7-12-21(20)35-24/h3-14,22H,1-2H3,(H,27,30)(H,31,32)(H,33,34). The Morgan fingerprint density at radius 3 is 2.19 bits per heavy atom. The molecule has 2 unspecified atom stereocenters. The van der Waals surface area contributed by atoms with Gasteiger partial charge in [0.1, 0.15) is 6.04 Å². The summed E-state index contributed by atoms with van der Waals surface area (Å²) in [6.45, 7) is 3.36. The fourth-order valence-electron chi connectivity index (χ4n) is 3.73. The summed E-state index contributed by atoms with van der Waals surface area (Å²) in [4.78, 5) is 28.7. The van der Waals surface area contributed by atoms with Crippen LogP contribution in [0.15, 0.2) is 66.7 Å². The lowest BCUT2D eigenvalue weighted by Crippen LogP contribution is -2.45. The molecule has 0 spiro atoms. The highest BCUT2D eigenvalue weighted by atomic mass is 35.5. The Hall–Kier alpha value is -3.31. The minimum Gasteiger partial charge on any atom is -0.480 e. The summed E-state index contributed by atoms with van der Waals surface area (Å²) in [5, 5.41) is 13.3. The Kier molecular flexibility index (Phi) is 7.70. The molecule has 11 heteroatoms. The van der Waals surface area contributed by atoms with Crippen LogP contribution in [0.25, 0.3) is 21.3 Å². The number of rotatable bonds is 8. The molecule has 0 radical (unpaired) electrons. The molecule has 1 aromatic heterocycles. The predicted octanol–water partition coefficient (Wildman–Crippen LogP) is 5.92. The van der Waals surface area contributed by atoms with Crippen LogP contribution in [0.3, 0.4) is 0 Å². The number of carbonyl (C=O) groups excluding carboxylic acids is 1. The van der Waals surface area contributed by atoms with E-state index in [0.717, 1.165) is 20.1 Å². The van der Waals surface area contributed by atoms with E-state index in [2.05, 4.69) is 10.3 Å². The first-order chi connectivity index (χ1) is 17.1. The third-order valence-electron chi connectivity index (χ3n) is 5.45. The van der Waals surface area contributed by atoms with E-state index < -0.39 is 23.3 Å². The van der Waals surface area contributed by atoms with E-state index in [-0.39, 0.29) is 11.8 Å². The molecule has 8 nitrogen and oxygen atoms in total. The maximum atomic E-state index is 12.6. The number of carbonyl (C=O) groups is 2. The monoisotopic (exact) mass is 543 g/mol. The van der Waals surface area contributed by atoms with Crippen LogP contribution in [0.2, 0.25) is 5.02 Å². The van der Waals surface area contributed by atoms with Crippen molar-refractivity contribution >= 4 is 67.7 Å². The molecule has 4 rings (SSSR count). The van der Waals surface area contributed by atoms with Gasteiger partial charge in [0.2, 0.25) is 0 Å². The van der Waals surface area contributed by atoms with E-state index in [0.29, 0.717) is 26.9 Å². The largest absolute Gasteiger partial charge is 0.480 e. The molecular formula is C25H22ClN3O5S2. The van der Waals surface area contributed by atoms with Gasteiger partial charge in [-0.1, -0.05) is 49.7 Å². The molecule has 0 aliphatic rings. The number of aliphatic carboxylic acids is 1. The van der Waals surface area contributed by atoms with E-state index >= 15 is 0 Å². The van der Waals surface area contributed by atoms with Crippen molar-refractivity contribution in [1.82, 2.24) is 4.98 Å². The fraction of sp³-hybridized carbons (Fsp3) is 0.160. The number of nitrogens with zero attached hydrogens (tertiary/aromatic N) is 2. The number of carboxylic acid groups (broad SMARTS) is 1. The highest BCUT2D eigenvalue weighted by Gasteiger charge is 2.32. The van der Waals surface area contributed by atoms with Crippen LogP contribution in [-0.4, -0.2) is 36.8 Å². The maximum Gasteiger partial charge on any atom is 0.327 e. The van der Waals surface area contributed by atoms with Crippen molar-refractivity contribution in [3.63, 3.8) is 0 Å². The van der Waals surface area contributed by atoms with Crippen LogP contribution in [0, 0.1) is 5.92 Å². The molecule has 4 aromatic rings. The van der Waals surface area contributed by atoms with Gasteiger partial charge in [0, 0.05) is 10.7 Å². The van der Waals surface area contributed by atoms with E-state index in [4.69, 9.17) is 11.6 Å². The van der Waals surface area contributed by atoms with Crippen LogP contribution >= 0.6 is 22.9 Å². The molecule has 0 saturated carbocycles. The van der Waals surface area contributed by atoms with Gasteiger partial charge in [-0.05, 0) is 59.5 Å². The van der Waals surface area contributed by atoms with Gasteiger partial charge in [-0.25, -0.2) is 14.0 Å². The second-order valence-corrected chi connectivity index (χ2v) is 10.6. The maximum absolute atomic E-state index is 12.6. The number of thiazole rings is 1. The van der Waals surface area contributed by atoms with E-state index in [1.807, 2.05) is 18.2 Å². The van der Waals surface area contributed by atoms with Crippen molar-refractivity contribution < 1.29 is 23.5 Å². The second kappa shape index (κ2) is 10.8. The van der Waals surface area contributed by atoms with Gasteiger partial charge in [-0.3, -0.25) is 13.7 Å². The third kappa shape index (κ3) is 5.57. The van der Waals surface area contributed by atoms with Gasteiger partial charge in [-0.2, -0.15) is 0 Å². The average Bonchev–Trinajstić information content (AvgIpc) is 3.26. The van der Waals surface area contributed by atoms with Crippen molar-refractivity contribution in [2.45, 2.75) is 19.9 Å². The summed E-state index contributed by atoms with van der Waals surface area (Å²) in [5.74, 6) is -1.88. The molecule has 3 aromatic carbocycles. The Balaban J connectivity index is 1.49. The number of carboxylic acids is 1. The first kappa shape index (κ1) is 25.8. The molecule has 0 bridgehead atoms. The first-order valence-corrected chi connectivity index (χ1v) is 13.1. The lowest BCUT2D eigenvalue weighted by atomic mass is 10.0. The number of amides is 1. The van der Waals surface area contributed by atoms with Gasteiger partial charge in [0.25, 0.3) is 17.2 Å². The number of hydrogen-bond acceptors (Lipinski definition) is 5. The minimum atomic E-state index is -2.51. The summed E-state index contributed by atoms with van der Waals surface area (Å²) in [6.07, 6.45) is 0. The summed E-state index contributed by atoms with van der Waals surface area (Å²) in [5.41, 5.74) is 3.26. The lowest BCUT2D eigenvalue weighted by molar-refractivity contribution is -0.139. The normalized spacial score (nSPS) is 12.9. The van der Waals surface area contributed by atoms with Gasteiger partial charge in [0.05, 0.1) is 15.9 Å². The Morgan fingerprint density at radius 2 is 1.64 bits per heavy atom. The number of nitrogens with one attached hydrogen (secondary N) is 1. The van der Waals surface area contributed by atoms with Crippen LogP contribution in [0.4, 0.5) is 11.4 Å². The Bertz CT molecular complexity index is 1440. The molecule has 1 heterocycles. The number of aromatic nitrogens is 1. The summed E-state index contributed by atoms with van der Waals surface area (Å²) < 4.78 is 23.5. The van der Waals surface area contributed by atoms with Crippen LogP contribution < -0.4 is 9.62 Å². The van der Waals surface area contributed by atoms with Gasteiger partial charge in [0.15, 0.2) is 5.01 Å². The highest BCUT2D eigenvalue weighted by Crippen LogP contribution is 2.29. The summed E-state index contributed by atoms with van der Waals surface area (Å²) in [7, 11) is 0. The molecule has 186 valence electrons. The Morgan fingerprint density at radius 1 is 1.03 bits per heavy atom. The van der Waals surface area contributed by atoms with Crippen molar-refractivity contribution in [2.75, 3.05) is 9.62 Å². The molecule has 36 heavy (non-hydrogen) atoms. The third-order valence-corrected chi connectivity index (χ3v) is 7.49. The zero-order valence-corrected chi connectivity index (χ0v) is 21.6. The van der Waals surface area contributed by atoms with Crippen LogP contribution in [0.5, 0.6) is 0 Å². The molecule has 0 aliphatic carbocycles. The minimum absolute atomic E-state index is 0.320. The number of benzene rings is 3. The number of halogens is 1. The SMILES string of the molecule is CC(C)C(C(=O)O)N(c1ccc(-c2ccc(NC(=O)c3nc4cc(Cl)ccc4s3)cc2)cc1)S(=O)O. The first-order valence-electron chi connectivity index (χ1n) is 10.8. The van der Waals surface area contributed by atoms with Crippen LogP contribution in [0.1, 0.15) is 23.6 Å². The second-order valence-electron chi connectivity index (χ2n) is 8.29. The smallest absolute Gasteiger partial charge is 0.327 e. The molecular weight excluding hydrogens is 522 g/mol. The topological polar surface area (TPSA) is 120 Å². The van der Waals surface area contributed by atoms with Crippen LogP contribution in [-0.2, 0) is 16.1 Å². The van der Waals surface area contributed by atoms with E-state index in [1.165, 1.54) is 11.3 Å². The number of fused-ring (bicyclic) bond motifs is 1. The van der Waals surface area contributed by atoms with E-state index in [1.54, 1.807) is 62.4 Å². The molecule has 0 aliphatic heterocycles. The number of hydrogen-bond donors (Lipinski definition) is 3. The molecule has 0 saturated heterocycles. The lowest BCUT2D eigenvalue weighted by Gasteiger charge is -2.29. The summed E-state index contributed by atoms with van der Waals surface area (Å²) in [6, 6.07) is 18.0. The fourth-order valence-corrected chi connectivity index (χ4v) is 5.57. The molecule has 1 amide bonds. The average molecular weight is 544 g/mol. The molecule has 0 fully saturated rings. The zero-order chi connectivity index (χ0) is 26.0. The number of anilines is 2. The summed E-state index contributed by atoms with van der Waals surface area (Å²) >= 11 is 4.77. The zero-order valence-electron chi connectivity index (χ0n) is 19.2. The van der Waals surface area contributed by atoms with Gasteiger partial charge in [-0.15, -0.1) is 11.3 Å².